The van der Waals surface area contributed by atoms with Crippen molar-refractivity contribution in [1.82, 2.24) is 9.55 Å². The highest BCUT2D eigenvalue weighted by Crippen LogP contribution is 2.22. The predicted molar refractivity (Wildman–Crippen MR) is 90.2 cm³/mol. The van der Waals surface area contributed by atoms with Crippen LogP contribution >= 0.6 is 0 Å². The Balaban J connectivity index is 2.15. The molecule has 0 saturated heterocycles. The van der Waals surface area contributed by atoms with Crippen molar-refractivity contribution in [2.75, 3.05) is 6.61 Å². The third-order valence-corrected chi connectivity index (χ3v) is 4.19. The first kappa shape index (κ1) is 15.7. The van der Waals surface area contributed by atoms with E-state index in [0.717, 1.165) is 48.4 Å². The molecule has 1 aliphatic carbocycles. The van der Waals surface area contributed by atoms with Crippen LogP contribution in [0.4, 0.5) is 0 Å². The van der Waals surface area contributed by atoms with E-state index < -0.39 is 0 Å². The highest BCUT2D eigenvalue weighted by Gasteiger charge is 2.21. The van der Waals surface area contributed by atoms with Crippen LogP contribution < -0.4 is 16.0 Å². The number of ether oxygens (including phenoxy) is 1. The fraction of sp³-hybridized carbons (Fsp3) is 0.444. The van der Waals surface area contributed by atoms with Crippen molar-refractivity contribution in [3.05, 3.63) is 51.7 Å². The lowest BCUT2D eigenvalue weighted by atomic mass is 9.96. The minimum atomic E-state index is -0.304. The summed E-state index contributed by atoms with van der Waals surface area (Å²) in [6.07, 6.45) is 3.81. The number of rotatable bonds is 4. The van der Waals surface area contributed by atoms with Crippen LogP contribution in [-0.2, 0) is 12.8 Å². The summed E-state index contributed by atoms with van der Waals surface area (Å²) < 4.78 is 7.12. The van der Waals surface area contributed by atoms with Crippen molar-refractivity contribution < 1.29 is 4.74 Å². The number of benzene rings is 1. The molecule has 1 atom stereocenters. The molecule has 2 aromatic rings. The normalized spacial score (nSPS) is 15.1. The van der Waals surface area contributed by atoms with Gasteiger partial charge in [0.15, 0.2) is 0 Å². The molecule has 0 fully saturated rings. The Hall–Kier alpha value is -2.14. The maximum Gasteiger partial charge on any atom is 0.261 e. The quantitative estimate of drug-likeness (QED) is 0.941. The number of aromatic nitrogens is 2. The van der Waals surface area contributed by atoms with Crippen LogP contribution in [0.5, 0.6) is 5.75 Å². The van der Waals surface area contributed by atoms with Crippen molar-refractivity contribution in [3.63, 3.8) is 0 Å². The predicted octanol–water partition coefficient (Wildman–Crippen LogP) is 2.53. The Bertz CT molecular complexity index is 748. The monoisotopic (exact) mass is 313 g/mol. The van der Waals surface area contributed by atoms with Crippen LogP contribution in [-0.4, -0.2) is 16.2 Å². The average molecular weight is 313 g/mol. The zero-order valence-corrected chi connectivity index (χ0v) is 13.7. The second-order valence-electron chi connectivity index (χ2n) is 5.96. The third kappa shape index (κ3) is 3.01. The molecule has 0 amide bonds. The Morgan fingerprint density at radius 1 is 1.26 bits per heavy atom. The number of hydrogen-bond acceptors (Lipinski definition) is 4. The molecule has 3 rings (SSSR count). The van der Waals surface area contributed by atoms with E-state index in [4.69, 9.17) is 15.5 Å². The van der Waals surface area contributed by atoms with Crippen molar-refractivity contribution in [1.29, 1.82) is 0 Å². The largest absolute Gasteiger partial charge is 0.494 e. The Labute approximate surface area is 136 Å². The van der Waals surface area contributed by atoms with Crippen LogP contribution in [0.1, 0.15) is 49.8 Å². The number of nitrogens with two attached hydrogens (primary N) is 1. The summed E-state index contributed by atoms with van der Waals surface area (Å²) in [6, 6.07) is 7.21. The third-order valence-electron chi connectivity index (χ3n) is 4.19. The Morgan fingerprint density at radius 3 is 2.61 bits per heavy atom. The molecule has 0 radical (unpaired) electrons. The molecule has 2 N–H and O–H groups in total. The molecular weight excluding hydrogens is 290 g/mol. The SMILES string of the molecule is CCOc1ccc(-n2c(C(C)N)nc3c(c2=O)CCCC3)cc1. The van der Waals surface area contributed by atoms with Gasteiger partial charge in [0.25, 0.3) is 5.56 Å². The summed E-state index contributed by atoms with van der Waals surface area (Å²) in [6.45, 7) is 4.42. The van der Waals surface area contributed by atoms with E-state index in [-0.39, 0.29) is 11.6 Å². The van der Waals surface area contributed by atoms with Gasteiger partial charge in [-0.25, -0.2) is 4.98 Å². The van der Waals surface area contributed by atoms with Gasteiger partial charge in [0.2, 0.25) is 0 Å². The van der Waals surface area contributed by atoms with Gasteiger partial charge in [0.05, 0.1) is 24.0 Å². The van der Waals surface area contributed by atoms with Crippen LogP contribution in [0, 0.1) is 0 Å². The van der Waals surface area contributed by atoms with Gasteiger partial charge in [0.1, 0.15) is 11.6 Å². The summed E-state index contributed by atoms with van der Waals surface area (Å²) >= 11 is 0. The molecule has 1 aliphatic rings. The standard InChI is InChI=1S/C18H23N3O2/c1-3-23-14-10-8-13(9-11-14)21-17(12(2)19)20-16-7-5-4-6-15(16)18(21)22/h8-12H,3-7,19H2,1-2H3. The first-order chi connectivity index (χ1) is 11.1. The molecule has 5 nitrogen and oxygen atoms in total. The van der Waals surface area contributed by atoms with E-state index >= 15 is 0 Å². The van der Waals surface area contributed by atoms with Gasteiger partial charge < -0.3 is 10.5 Å². The zero-order valence-electron chi connectivity index (χ0n) is 13.7. The molecule has 1 aromatic carbocycles. The number of aryl methyl sites for hydroxylation is 1. The fourth-order valence-corrected chi connectivity index (χ4v) is 3.08. The number of hydrogen-bond donors (Lipinski definition) is 1. The van der Waals surface area contributed by atoms with E-state index in [9.17, 15) is 4.79 Å². The molecule has 0 saturated carbocycles. The molecule has 1 heterocycles. The van der Waals surface area contributed by atoms with E-state index in [1.54, 1.807) is 4.57 Å². The lowest BCUT2D eigenvalue weighted by Crippen LogP contribution is -2.32. The number of fused-ring (bicyclic) bond motifs is 1. The van der Waals surface area contributed by atoms with E-state index in [1.807, 2.05) is 38.1 Å². The van der Waals surface area contributed by atoms with E-state index in [2.05, 4.69) is 0 Å². The van der Waals surface area contributed by atoms with Gasteiger partial charge in [-0.15, -0.1) is 0 Å². The average Bonchev–Trinajstić information content (AvgIpc) is 2.56. The first-order valence-corrected chi connectivity index (χ1v) is 8.25. The highest BCUT2D eigenvalue weighted by atomic mass is 16.5. The first-order valence-electron chi connectivity index (χ1n) is 8.25. The zero-order chi connectivity index (χ0) is 16.4. The highest BCUT2D eigenvalue weighted by molar-refractivity contribution is 5.40. The lowest BCUT2D eigenvalue weighted by Gasteiger charge is -2.21. The molecular formula is C18H23N3O2. The molecule has 23 heavy (non-hydrogen) atoms. The van der Waals surface area contributed by atoms with Gasteiger partial charge in [-0.2, -0.15) is 0 Å². The fourth-order valence-electron chi connectivity index (χ4n) is 3.08. The van der Waals surface area contributed by atoms with Gasteiger partial charge in [-0.1, -0.05) is 0 Å². The molecule has 1 aromatic heterocycles. The van der Waals surface area contributed by atoms with Gasteiger partial charge >= 0.3 is 0 Å². The lowest BCUT2D eigenvalue weighted by molar-refractivity contribution is 0.340. The van der Waals surface area contributed by atoms with Gasteiger partial charge in [-0.3, -0.25) is 9.36 Å². The smallest absolute Gasteiger partial charge is 0.261 e. The maximum atomic E-state index is 13.0. The van der Waals surface area contributed by atoms with Crippen molar-refractivity contribution in [2.24, 2.45) is 5.73 Å². The minimum absolute atomic E-state index is 0.0196. The minimum Gasteiger partial charge on any atom is -0.494 e. The summed E-state index contributed by atoms with van der Waals surface area (Å²) in [5.41, 5.74) is 8.66. The van der Waals surface area contributed by atoms with E-state index in [1.165, 1.54) is 0 Å². The summed E-state index contributed by atoms with van der Waals surface area (Å²) in [5.74, 6) is 1.41. The Kier molecular flexibility index (Phi) is 4.48. The topological polar surface area (TPSA) is 70.1 Å². The second-order valence-corrected chi connectivity index (χ2v) is 5.96. The van der Waals surface area contributed by atoms with Crippen LogP contribution in [0.25, 0.3) is 5.69 Å². The molecule has 1 unspecified atom stereocenters. The van der Waals surface area contributed by atoms with Crippen LogP contribution in [0.3, 0.4) is 0 Å². The van der Waals surface area contributed by atoms with Crippen LogP contribution in [0.2, 0.25) is 0 Å². The van der Waals surface area contributed by atoms with Crippen molar-refractivity contribution in [2.45, 2.75) is 45.6 Å². The molecule has 0 spiro atoms. The van der Waals surface area contributed by atoms with Crippen molar-refractivity contribution >= 4 is 0 Å². The van der Waals surface area contributed by atoms with E-state index in [0.29, 0.717) is 12.4 Å². The van der Waals surface area contributed by atoms with Gasteiger partial charge in [0, 0.05) is 5.56 Å². The summed E-state index contributed by atoms with van der Waals surface area (Å²) in [4.78, 5) is 17.7. The Morgan fingerprint density at radius 2 is 1.96 bits per heavy atom. The second kappa shape index (κ2) is 6.54. The number of nitrogens with zero attached hydrogens (tertiary/aromatic N) is 2. The molecule has 0 aliphatic heterocycles. The molecule has 0 bridgehead atoms. The van der Waals surface area contributed by atoms with Crippen molar-refractivity contribution in [3.8, 4) is 11.4 Å². The summed E-state index contributed by atoms with van der Waals surface area (Å²) in [7, 11) is 0. The summed E-state index contributed by atoms with van der Waals surface area (Å²) in [5, 5.41) is 0. The maximum absolute atomic E-state index is 13.0. The van der Waals surface area contributed by atoms with Gasteiger partial charge in [-0.05, 0) is 63.8 Å². The van der Waals surface area contributed by atoms with Crippen LogP contribution in [0.15, 0.2) is 29.1 Å². The molecule has 122 valence electrons. The molecule has 5 heteroatoms.